The number of hydrogen-bond donors (Lipinski definition) is 1. The van der Waals surface area contributed by atoms with Crippen LogP contribution in [0.2, 0.25) is 5.02 Å². The average Bonchev–Trinajstić information content (AvgIpc) is 2.86. The highest BCUT2D eigenvalue weighted by Gasteiger charge is 2.16. The minimum Gasteiger partial charge on any atom is -0.493 e. The van der Waals surface area contributed by atoms with Gasteiger partial charge in [0.15, 0.2) is 17.3 Å². The normalized spacial score (nSPS) is 10.2. The maximum Gasteiger partial charge on any atom is 0.291 e. The smallest absolute Gasteiger partial charge is 0.291 e. The first-order valence-corrected chi connectivity index (χ1v) is 6.21. The van der Waals surface area contributed by atoms with E-state index in [2.05, 4.69) is 5.32 Å². The Morgan fingerprint density at radius 2 is 1.90 bits per heavy atom. The summed E-state index contributed by atoms with van der Waals surface area (Å²) in [5.41, 5.74) is 1.17. The molecular formula is C14H14ClNO4. The van der Waals surface area contributed by atoms with Crippen LogP contribution >= 0.6 is 11.6 Å². The lowest BCUT2D eigenvalue weighted by molar-refractivity contribution is 0.0996. The third kappa shape index (κ3) is 2.72. The van der Waals surface area contributed by atoms with Crippen LogP contribution in [0.1, 0.15) is 16.1 Å². The summed E-state index contributed by atoms with van der Waals surface area (Å²) < 4.78 is 15.4. The van der Waals surface area contributed by atoms with E-state index in [-0.39, 0.29) is 11.7 Å². The van der Waals surface area contributed by atoms with Gasteiger partial charge in [0.25, 0.3) is 5.91 Å². The molecule has 5 nitrogen and oxygen atoms in total. The number of halogens is 1. The molecule has 1 aromatic carbocycles. The molecule has 0 saturated carbocycles. The molecule has 2 rings (SSSR count). The number of aryl methyl sites for hydroxylation is 1. The fraction of sp³-hybridized carbons (Fsp3) is 0.214. The van der Waals surface area contributed by atoms with Crippen molar-refractivity contribution in [3.05, 3.63) is 40.8 Å². The van der Waals surface area contributed by atoms with Crippen molar-refractivity contribution in [1.82, 2.24) is 0 Å². The molecule has 1 amide bonds. The van der Waals surface area contributed by atoms with E-state index in [0.717, 1.165) is 5.56 Å². The van der Waals surface area contributed by atoms with E-state index < -0.39 is 0 Å². The van der Waals surface area contributed by atoms with Gasteiger partial charge in [0.2, 0.25) is 0 Å². The van der Waals surface area contributed by atoms with E-state index in [9.17, 15) is 4.79 Å². The Kier molecular flexibility index (Phi) is 4.20. The van der Waals surface area contributed by atoms with Crippen LogP contribution in [0.3, 0.4) is 0 Å². The van der Waals surface area contributed by atoms with E-state index in [1.54, 1.807) is 25.1 Å². The first-order chi connectivity index (χ1) is 9.56. The molecule has 2 aromatic rings. The summed E-state index contributed by atoms with van der Waals surface area (Å²) in [5.74, 6) is 0.838. The Morgan fingerprint density at radius 1 is 1.25 bits per heavy atom. The zero-order valence-electron chi connectivity index (χ0n) is 11.3. The van der Waals surface area contributed by atoms with Crippen molar-refractivity contribution in [3.63, 3.8) is 0 Å². The van der Waals surface area contributed by atoms with E-state index in [0.29, 0.717) is 22.2 Å². The number of ether oxygens (including phenoxy) is 2. The largest absolute Gasteiger partial charge is 0.493 e. The maximum absolute atomic E-state index is 12.1. The van der Waals surface area contributed by atoms with Crippen LogP contribution in [0.4, 0.5) is 5.69 Å². The standard InChI is InChI=1S/C14H14ClNO4/c1-8-4-5-20-13(8)14(17)16-10-7-12(19-3)11(18-2)6-9(10)15/h4-7H,1-3H3,(H,16,17). The van der Waals surface area contributed by atoms with Crippen LogP contribution in [0, 0.1) is 6.92 Å². The van der Waals surface area contributed by atoms with Gasteiger partial charge < -0.3 is 19.2 Å². The zero-order valence-corrected chi connectivity index (χ0v) is 12.1. The fourth-order valence-electron chi connectivity index (χ4n) is 1.73. The fourth-order valence-corrected chi connectivity index (χ4v) is 1.94. The molecular weight excluding hydrogens is 282 g/mol. The highest BCUT2D eigenvalue weighted by Crippen LogP contribution is 2.36. The number of rotatable bonds is 4. The highest BCUT2D eigenvalue weighted by molar-refractivity contribution is 6.34. The topological polar surface area (TPSA) is 60.7 Å². The van der Waals surface area contributed by atoms with Gasteiger partial charge in [-0.05, 0) is 13.0 Å². The summed E-state index contributed by atoms with van der Waals surface area (Å²) in [6.07, 6.45) is 1.46. The van der Waals surface area contributed by atoms with Crippen molar-refractivity contribution in [2.75, 3.05) is 19.5 Å². The Hall–Kier alpha value is -2.14. The molecule has 1 heterocycles. The lowest BCUT2D eigenvalue weighted by Crippen LogP contribution is -2.12. The second kappa shape index (κ2) is 5.88. The summed E-state index contributed by atoms with van der Waals surface area (Å²) in [7, 11) is 3.02. The van der Waals surface area contributed by atoms with Crippen LogP contribution in [-0.2, 0) is 0 Å². The number of carbonyl (C=O) groups is 1. The molecule has 0 radical (unpaired) electrons. The second-order valence-electron chi connectivity index (χ2n) is 4.07. The molecule has 1 N–H and O–H groups in total. The zero-order chi connectivity index (χ0) is 14.7. The molecule has 1 aromatic heterocycles. The van der Waals surface area contributed by atoms with Crippen molar-refractivity contribution < 1.29 is 18.7 Å². The minimum atomic E-state index is -0.374. The van der Waals surface area contributed by atoms with E-state index in [1.165, 1.54) is 20.5 Å². The molecule has 6 heteroatoms. The summed E-state index contributed by atoms with van der Waals surface area (Å²) in [4.78, 5) is 12.1. The van der Waals surface area contributed by atoms with Crippen molar-refractivity contribution >= 4 is 23.2 Å². The van der Waals surface area contributed by atoms with Gasteiger partial charge in [0.05, 0.1) is 31.2 Å². The van der Waals surface area contributed by atoms with E-state index >= 15 is 0 Å². The molecule has 0 unspecified atom stereocenters. The summed E-state index contributed by atoms with van der Waals surface area (Å²) in [6.45, 7) is 1.79. The molecule has 0 fully saturated rings. The molecule has 0 aliphatic rings. The summed E-state index contributed by atoms with van der Waals surface area (Å²) in [6, 6.07) is 4.88. The first-order valence-electron chi connectivity index (χ1n) is 5.83. The molecule has 106 valence electrons. The molecule has 0 saturated heterocycles. The number of nitrogens with one attached hydrogen (secondary N) is 1. The lowest BCUT2D eigenvalue weighted by Gasteiger charge is -2.12. The van der Waals surface area contributed by atoms with Crippen LogP contribution in [0.5, 0.6) is 11.5 Å². The van der Waals surface area contributed by atoms with Gasteiger partial charge in [0.1, 0.15) is 0 Å². The van der Waals surface area contributed by atoms with Gasteiger partial charge >= 0.3 is 0 Å². The van der Waals surface area contributed by atoms with Crippen LogP contribution in [-0.4, -0.2) is 20.1 Å². The van der Waals surface area contributed by atoms with Crippen LogP contribution in [0.25, 0.3) is 0 Å². The number of amides is 1. The Balaban J connectivity index is 2.30. The van der Waals surface area contributed by atoms with Crippen LogP contribution in [0.15, 0.2) is 28.9 Å². The summed E-state index contributed by atoms with van der Waals surface area (Å²) in [5, 5.41) is 3.03. The maximum atomic E-state index is 12.1. The molecule has 0 aliphatic carbocycles. The number of benzene rings is 1. The number of methoxy groups -OCH3 is 2. The minimum absolute atomic E-state index is 0.246. The number of anilines is 1. The van der Waals surface area contributed by atoms with Gasteiger partial charge in [-0.2, -0.15) is 0 Å². The molecule has 0 aliphatic heterocycles. The highest BCUT2D eigenvalue weighted by atomic mass is 35.5. The van der Waals surface area contributed by atoms with Crippen molar-refractivity contribution in [3.8, 4) is 11.5 Å². The van der Waals surface area contributed by atoms with Crippen molar-refractivity contribution in [1.29, 1.82) is 0 Å². The SMILES string of the molecule is COc1cc(Cl)c(NC(=O)c2occc2C)cc1OC. The van der Waals surface area contributed by atoms with Crippen molar-refractivity contribution in [2.45, 2.75) is 6.92 Å². The number of carbonyl (C=O) groups excluding carboxylic acids is 1. The first kappa shape index (κ1) is 14.3. The Bertz CT molecular complexity index is 636. The number of hydrogen-bond acceptors (Lipinski definition) is 4. The van der Waals surface area contributed by atoms with Crippen molar-refractivity contribution in [2.24, 2.45) is 0 Å². The third-order valence-electron chi connectivity index (χ3n) is 2.79. The van der Waals surface area contributed by atoms with E-state index in [4.69, 9.17) is 25.5 Å². The third-order valence-corrected chi connectivity index (χ3v) is 3.10. The Labute approximate surface area is 121 Å². The second-order valence-corrected chi connectivity index (χ2v) is 4.48. The number of furan rings is 1. The quantitative estimate of drug-likeness (QED) is 0.937. The van der Waals surface area contributed by atoms with Gasteiger partial charge in [-0.1, -0.05) is 11.6 Å². The van der Waals surface area contributed by atoms with Gasteiger partial charge in [0, 0.05) is 17.7 Å². The van der Waals surface area contributed by atoms with Crippen LogP contribution < -0.4 is 14.8 Å². The predicted molar refractivity (Wildman–Crippen MR) is 76.0 cm³/mol. The van der Waals surface area contributed by atoms with Gasteiger partial charge in [-0.25, -0.2) is 0 Å². The van der Waals surface area contributed by atoms with Gasteiger partial charge in [-0.15, -0.1) is 0 Å². The average molecular weight is 296 g/mol. The Morgan fingerprint density at radius 3 is 2.45 bits per heavy atom. The van der Waals surface area contributed by atoms with Gasteiger partial charge in [-0.3, -0.25) is 4.79 Å². The monoisotopic (exact) mass is 295 g/mol. The molecule has 20 heavy (non-hydrogen) atoms. The molecule has 0 bridgehead atoms. The molecule has 0 atom stereocenters. The molecule has 0 spiro atoms. The van der Waals surface area contributed by atoms with E-state index in [1.807, 2.05) is 0 Å². The lowest BCUT2D eigenvalue weighted by atomic mass is 10.2. The summed E-state index contributed by atoms with van der Waals surface area (Å²) >= 11 is 6.10. The predicted octanol–water partition coefficient (Wildman–Crippen LogP) is 3.51.